The average Bonchev–Trinajstić information content (AvgIpc) is 2.76. The summed E-state index contributed by atoms with van der Waals surface area (Å²) in [5, 5.41) is 19.9. The number of nitrogens with zero attached hydrogens (tertiary/aromatic N) is 3. The molecule has 1 heterocycles. The fourth-order valence-electron chi connectivity index (χ4n) is 1.59. The summed E-state index contributed by atoms with van der Waals surface area (Å²) in [5.41, 5.74) is -0.379. The van der Waals surface area contributed by atoms with E-state index in [0.717, 1.165) is 36.0 Å². The number of thioether (sulfide) groups is 1. The third kappa shape index (κ3) is 4.02. The summed E-state index contributed by atoms with van der Waals surface area (Å²) in [6.07, 6.45) is 2.65. The van der Waals surface area contributed by atoms with Crippen LogP contribution in [-0.4, -0.2) is 33.5 Å². The highest BCUT2D eigenvalue weighted by molar-refractivity contribution is 7.99. The highest BCUT2D eigenvalue weighted by atomic mass is 32.2. The standard InChI is InChI=1S/C11H19N5S/c1-4-11(8-12,13-3)6-5-7-17-10-14-9(2)15-16-10/h13H,4-7H2,1-3H3,(H,14,15,16). The van der Waals surface area contributed by atoms with Crippen molar-refractivity contribution >= 4 is 11.8 Å². The van der Waals surface area contributed by atoms with Crippen LogP contribution in [0, 0.1) is 18.3 Å². The first-order valence-electron chi connectivity index (χ1n) is 5.78. The van der Waals surface area contributed by atoms with E-state index in [4.69, 9.17) is 5.26 Å². The predicted octanol–water partition coefficient (Wildman–Crippen LogP) is 1.88. The van der Waals surface area contributed by atoms with Crippen molar-refractivity contribution in [1.82, 2.24) is 20.5 Å². The second kappa shape index (κ2) is 6.62. The number of H-pyrrole nitrogens is 1. The van der Waals surface area contributed by atoms with Crippen LogP contribution in [0.2, 0.25) is 0 Å². The second-order valence-electron chi connectivity index (χ2n) is 3.95. The summed E-state index contributed by atoms with van der Waals surface area (Å²) in [7, 11) is 1.85. The molecule has 0 amide bonds. The molecule has 0 radical (unpaired) electrons. The quantitative estimate of drug-likeness (QED) is 0.573. The van der Waals surface area contributed by atoms with Crippen LogP contribution in [0.25, 0.3) is 0 Å². The first kappa shape index (κ1) is 14.0. The first-order chi connectivity index (χ1) is 8.15. The van der Waals surface area contributed by atoms with E-state index in [1.807, 2.05) is 20.9 Å². The van der Waals surface area contributed by atoms with Crippen molar-refractivity contribution in [3.05, 3.63) is 5.82 Å². The van der Waals surface area contributed by atoms with E-state index in [1.54, 1.807) is 11.8 Å². The van der Waals surface area contributed by atoms with Gasteiger partial charge in [-0.3, -0.25) is 5.10 Å². The van der Waals surface area contributed by atoms with Gasteiger partial charge in [0, 0.05) is 5.75 Å². The summed E-state index contributed by atoms with van der Waals surface area (Å²) >= 11 is 1.62. The van der Waals surface area contributed by atoms with Gasteiger partial charge >= 0.3 is 0 Å². The number of nitriles is 1. The number of aromatic nitrogens is 3. The Kier molecular flexibility index (Phi) is 5.45. The Hall–Kier alpha value is -1.06. The summed E-state index contributed by atoms with van der Waals surface area (Å²) < 4.78 is 0. The minimum atomic E-state index is -0.379. The van der Waals surface area contributed by atoms with Crippen LogP contribution in [0.1, 0.15) is 32.0 Å². The molecule has 1 rings (SSSR count). The van der Waals surface area contributed by atoms with Crippen LogP contribution < -0.4 is 5.32 Å². The largest absolute Gasteiger partial charge is 0.302 e. The molecule has 0 bridgehead atoms. The maximum atomic E-state index is 9.15. The van der Waals surface area contributed by atoms with Gasteiger partial charge in [-0.1, -0.05) is 18.7 Å². The van der Waals surface area contributed by atoms with Crippen LogP contribution in [0.4, 0.5) is 0 Å². The lowest BCUT2D eigenvalue weighted by molar-refractivity contribution is 0.400. The molecule has 94 valence electrons. The molecule has 0 aliphatic rings. The Bertz CT molecular complexity index is 377. The van der Waals surface area contributed by atoms with Gasteiger partial charge in [-0.05, 0) is 33.2 Å². The lowest BCUT2D eigenvalue weighted by Gasteiger charge is -2.23. The highest BCUT2D eigenvalue weighted by Gasteiger charge is 2.24. The SMILES string of the molecule is CCC(C#N)(CCCSc1n[nH]c(C)n1)NC. The lowest BCUT2D eigenvalue weighted by atomic mass is 9.93. The Balaban J connectivity index is 2.30. The van der Waals surface area contributed by atoms with Gasteiger partial charge in [-0.25, -0.2) is 4.98 Å². The molecule has 1 aromatic heterocycles. The van der Waals surface area contributed by atoms with E-state index in [-0.39, 0.29) is 5.54 Å². The zero-order chi connectivity index (χ0) is 12.7. The average molecular weight is 253 g/mol. The Morgan fingerprint density at radius 2 is 2.35 bits per heavy atom. The van der Waals surface area contributed by atoms with Crippen molar-refractivity contribution in [3.8, 4) is 6.07 Å². The molecule has 1 aromatic rings. The van der Waals surface area contributed by atoms with E-state index in [2.05, 4.69) is 26.6 Å². The number of rotatable bonds is 7. The monoisotopic (exact) mass is 253 g/mol. The van der Waals surface area contributed by atoms with Gasteiger partial charge in [0.1, 0.15) is 11.4 Å². The molecule has 0 aliphatic carbocycles. The summed E-state index contributed by atoms with van der Waals surface area (Å²) in [4.78, 5) is 4.22. The van der Waals surface area contributed by atoms with Crippen LogP contribution in [0.3, 0.4) is 0 Å². The molecule has 0 fully saturated rings. The molecule has 0 aromatic carbocycles. The zero-order valence-electron chi connectivity index (χ0n) is 10.6. The van der Waals surface area contributed by atoms with Gasteiger partial charge in [0.05, 0.1) is 6.07 Å². The van der Waals surface area contributed by atoms with Crippen molar-refractivity contribution < 1.29 is 0 Å². The van der Waals surface area contributed by atoms with Crippen LogP contribution in [0.15, 0.2) is 5.16 Å². The zero-order valence-corrected chi connectivity index (χ0v) is 11.4. The molecular weight excluding hydrogens is 234 g/mol. The molecule has 17 heavy (non-hydrogen) atoms. The summed E-state index contributed by atoms with van der Waals surface area (Å²) in [6.45, 7) is 3.92. The van der Waals surface area contributed by atoms with Gasteiger partial charge in [0.15, 0.2) is 0 Å². The number of aromatic amines is 1. The third-order valence-electron chi connectivity index (χ3n) is 2.85. The smallest absolute Gasteiger partial charge is 0.208 e. The Morgan fingerprint density at radius 3 is 2.82 bits per heavy atom. The maximum Gasteiger partial charge on any atom is 0.208 e. The number of aryl methyl sites for hydroxylation is 1. The van der Waals surface area contributed by atoms with E-state index < -0.39 is 0 Å². The molecule has 1 unspecified atom stereocenters. The van der Waals surface area contributed by atoms with Crippen LogP contribution >= 0.6 is 11.8 Å². The van der Waals surface area contributed by atoms with Crippen molar-refractivity contribution in [2.45, 2.75) is 43.8 Å². The highest BCUT2D eigenvalue weighted by Crippen LogP contribution is 2.20. The minimum absolute atomic E-state index is 0.379. The minimum Gasteiger partial charge on any atom is -0.302 e. The molecule has 6 heteroatoms. The third-order valence-corrected chi connectivity index (χ3v) is 3.79. The topological polar surface area (TPSA) is 77.4 Å². The molecule has 0 saturated carbocycles. The van der Waals surface area contributed by atoms with E-state index >= 15 is 0 Å². The Labute approximate surface area is 106 Å². The van der Waals surface area contributed by atoms with Gasteiger partial charge in [0.2, 0.25) is 5.16 Å². The van der Waals surface area contributed by atoms with Crippen molar-refractivity contribution in [3.63, 3.8) is 0 Å². The maximum absolute atomic E-state index is 9.15. The molecule has 0 aliphatic heterocycles. The van der Waals surface area contributed by atoms with Gasteiger partial charge < -0.3 is 5.32 Å². The number of hydrogen-bond acceptors (Lipinski definition) is 5. The summed E-state index contributed by atoms with van der Waals surface area (Å²) in [6, 6.07) is 2.36. The number of hydrogen-bond donors (Lipinski definition) is 2. The van der Waals surface area contributed by atoms with E-state index in [0.29, 0.717) is 0 Å². The normalized spacial score (nSPS) is 14.2. The lowest BCUT2D eigenvalue weighted by Crippen LogP contribution is -2.40. The fourth-order valence-corrected chi connectivity index (χ4v) is 2.38. The molecule has 1 atom stereocenters. The second-order valence-corrected chi connectivity index (χ2v) is 5.01. The van der Waals surface area contributed by atoms with E-state index in [9.17, 15) is 0 Å². The van der Waals surface area contributed by atoms with Crippen molar-refractivity contribution in [2.75, 3.05) is 12.8 Å². The van der Waals surface area contributed by atoms with Crippen molar-refractivity contribution in [1.29, 1.82) is 5.26 Å². The predicted molar refractivity (Wildman–Crippen MR) is 68.8 cm³/mol. The molecule has 0 saturated heterocycles. The molecule has 5 nitrogen and oxygen atoms in total. The van der Waals surface area contributed by atoms with Crippen LogP contribution in [0.5, 0.6) is 0 Å². The first-order valence-corrected chi connectivity index (χ1v) is 6.76. The van der Waals surface area contributed by atoms with Crippen molar-refractivity contribution in [2.24, 2.45) is 0 Å². The van der Waals surface area contributed by atoms with E-state index in [1.165, 1.54) is 0 Å². The molecule has 2 N–H and O–H groups in total. The van der Waals surface area contributed by atoms with Crippen LogP contribution in [-0.2, 0) is 0 Å². The van der Waals surface area contributed by atoms with Gasteiger partial charge in [-0.15, -0.1) is 5.10 Å². The fraction of sp³-hybridized carbons (Fsp3) is 0.727. The Morgan fingerprint density at radius 1 is 1.59 bits per heavy atom. The summed E-state index contributed by atoms with van der Waals surface area (Å²) in [5.74, 6) is 1.77. The van der Waals surface area contributed by atoms with Gasteiger partial charge in [0.25, 0.3) is 0 Å². The van der Waals surface area contributed by atoms with Gasteiger partial charge in [-0.2, -0.15) is 5.26 Å². The number of nitrogens with one attached hydrogen (secondary N) is 2. The molecular formula is C11H19N5S. The molecule has 0 spiro atoms.